The van der Waals surface area contributed by atoms with Crippen molar-refractivity contribution in [2.75, 3.05) is 0 Å². The highest BCUT2D eigenvalue weighted by Crippen LogP contribution is 2.64. The summed E-state index contributed by atoms with van der Waals surface area (Å²) < 4.78 is 35.9. The lowest BCUT2D eigenvalue weighted by Gasteiger charge is -2.57. The average Bonchev–Trinajstić information content (AvgIpc) is 2.82. The molecule has 0 saturated heterocycles. The summed E-state index contributed by atoms with van der Waals surface area (Å²) in [6.45, 7) is 4.62. The van der Waals surface area contributed by atoms with Crippen molar-refractivity contribution in [2.24, 2.45) is 28.6 Å². The Bertz CT molecular complexity index is 686. The van der Waals surface area contributed by atoms with Gasteiger partial charge in [0.05, 0.1) is 12.2 Å². The lowest BCUT2D eigenvalue weighted by Crippen LogP contribution is -2.51. The Labute approximate surface area is 150 Å². The van der Waals surface area contributed by atoms with E-state index in [9.17, 15) is 13.5 Å². The van der Waals surface area contributed by atoms with E-state index in [0.29, 0.717) is 30.6 Å². The van der Waals surface area contributed by atoms with Gasteiger partial charge in [0.1, 0.15) is 0 Å². The zero-order valence-corrected chi connectivity index (χ0v) is 16.0. The highest BCUT2D eigenvalue weighted by molar-refractivity contribution is 7.80. The number of allylic oxidation sites excluding steroid dienone is 1. The molecule has 3 saturated carbocycles. The van der Waals surface area contributed by atoms with Crippen LogP contribution in [-0.2, 0) is 14.6 Å². The molecule has 7 atom stereocenters. The van der Waals surface area contributed by atoms with E-state index in [1.807, 2.05) is 0 Å². The van der Waals surface area contributed by atoms with Crippen LogP contribution in [0.4, 0.5) is 0 Å². The van der Waals surface area contributed by atoms with Gasteiger partial charge in [0, 0.05) is 0 Å². The summed E-state index contributed by atoms with van der Waals surface area (Å²) in [7, 11) is -4.39. The molecule has 3 fully saturated rings. The Balaban J connectivity index is 1.58. The van der Waals surface area contributed by atoms with Gasteiger partial charge in [-0.05, 0) is 80.0 Å². The van der Waals surface area contributed by atoms with Crippen LogP contribution in [0, 0.1) is 28.6 Å². The van der Waals surface area contributed by atoms with Crippen molar-refractivity contribution in [1.29, 1.82) is 0 Å². The Morgan fingerprint density at radius 2 is 1.88 bits per heavy atom. The van der Waals surface area contributed by atoms with E-state index in [1.54, 1.807) is 0 Å². The Morgan fingerprint density at radius 1 is 1.12 bits per heavy atom. The molecule has 0 radical (unpaired) electrons. The smallest absolute Gasteiger partial charge is 0.393 e. The quantitative estimate of drug-likeness (QED) is 0.574. The number of rotatable bonds is 2. The van der Waals surface area contributed by atoms with Crippen LogP contribution in [0.15, 0.2) is 11.6 Å². The van der Waals surface area contributed by atoms with Gasteiger partial charge in [-0.1, -0.05) is 25.5 Å². The zero-order valence-electron chi connectivity index (χ0n) is 15.1. The summed E-state index contributed by atoms with van der Waals surface area (Å²) in [5, 5.41) is 10.5. The van der Waals surface area contributed by atoms with Crippen LogP contribution in [0.5, 0.6) is 0 Å². The summed E-state index contributed by atoms with van der Waals surface area (Å²) in [5.74, 6) is 1.84. The number of aliphatic hydroxyl groups is 1. The molecule has 0 amide bonds. The maximum Gasteiger partial charge on any atom is 0.397 e. The molecule has 4 aliphatic rings. The highest BCUT2D eigenvalue weighted by atomic mass is 32.3. The highest BCUT2D eigenvalue weighted by Gasteiger charge is 2.58. The second-order valence-corrected chi connectivity index (χ2v) is 10.3. The summed E-state index contributed by atoms with van der Waals surface area (Å²) >= 11 is 0. The van der Waals surface area contributed by atoms with Gasteiger partial charge in [0.2, 0.25) is 0 Å². The Morgan fingerprint density at radius 3 is 2.60 bits per heavy atom. The van der Waals surface area contributed by atoms with Gasteiger partial charge in [0.25, 0.3) is 0 Å². The van der Waals surface area contributed by atoms with Gasteiger partial charge < -0.3 is 5.11 Å². The van der Waals surface area contributed by atoms with Crippen LogP contribution < -0.4 is 0 Å². The number of hydrogen-bond acceptors (Lipinski definition) is 4. The van der Waals surface area contributed by atoms with Gasteiger partial charge in [0.15, 0.2) is 0 Å². The molecule has 5 nitrogen and oxygen atoms in total. The second kappa shape index (κ2) is 5.78. The topological polar surface area (TPSA) is 83.8 Å². The first kappa shape index (κ1) is 18.0. The van der Waals surface area contributed by atoms with Crippen LogP contribution in [0.1, 0.15) is 65.2 Å². The van der Waals surface area contributed by atoms with Crippen molar-refractivity contribution in [3.8, 4) is 0 Å². The molecular weight excluding hydrogens is 340 g/mol. The second-order valence-electron chi connectivity index (χ2n) is 9.29. The van der Waals surface area contributed by atoms with Crippen molar-refractivity contribution in [3.63, 3.8) is 0 Å². The fourth-order valence-electron chi connectivity index (χ4n) is 6.85. The molecule has 0 heterocycles. The van der Waals surface area contributed by atoms with Crippen LogP contribution in [0.25, 0.3) is 0 Å². The first-order valence-electron chi connectivity index (χ1n) is 9.67. The molecule has 25 heavy (non-hydrogen) atoms. The minimum absolute atomic E-state index is 0.0775. The van der Waals surface area contributed by atoms with E-state index in [0.717, 1.165) is 38.5 Å². The zero-order chi connectivity index (χ0) is 18.0. The first-order valence-corrected chi connectivity index (χ1v) is 11.0. The predicted molar refractivity (Wildman–Crippen MR) is 94.1 cm³/mol. The monoisotopic (exact) mass is 370 g/mol. The molecule has 6 heteroatoms. The van der Waals surface area contributed by atoms with Crippen LogP contribution in [-0.4, -0.2) is 30.3 Å². The number of aliphatic hydroxyl groups excluding tert-OH is 1. The molecule has 2 N–H and O–H groups in total. The van der Waals surface area contributed by atoms with Gasteiger partial charge >= 0.3 is 10.4 Å². The SMILES string of the molecule is C[C@]12CC[C@H]3[C@@H](CC=C4C[C@@H](OS(=O)(=O)O)CC[C@@]43C)[C@@H]1CC[C@@H]2O. The molecule has 0 aromatic rings. The third-order valence-corrected chi connectivity index (χ3v) is 8.78. The third kappa shape index (κ3) is 2.80. The summed E-state index contributed by atoms with van der Waals surface area (Å²) in [6, 6.07) is 0. The third-order valence-electron chi connectivity index (χ3n) is 8.27. The molecule has 0 aliphatic heterocycles. The normalized spacial score (nSPS) is 49.8. The van der Waals surface area contributed by atoms with Crippen LogP contribution in [0.3, 0.4) is 0 Å². The van der Waals surface area contributed by atoms with Gasteiger partial charge in [-0.2, -0.15) is 8.42 Å². The predicted octanol–water partition coefficient (Wildman–Crippen LogP) is 3.50. The molecule has 0 unspecified atom stereocenters. The van der Waals surface area contributed by atoms with E-state index in [1.165, 1.54) is 5.57 Å². The van der Waals surface area contributed by atoms with E-state index < -0.39 is 16.5 Å². The minimum Gasteiger partial charge on any atom is -0.393 e. The van der Waals surface area contributed by atoms with E-state index in [4.69, 9.17) is 8.74 Å². The van der Waals surface area contributed by atoms with Crippen LogP contribution >= 0.6 is 0 Å². The largest absolute Gasteiger partial charge is 0.397 e. The molecule has 0 aromatic carbocycles. The lowest BCUT2D eigenvalue weighted by atomic mass is 9.48. The van der Waals surface area contributed by atoms with E-state index in [-0.39, 0.29) is 16.9 Å². The van der Waals surface area contributed by atoms with Gasteiger partial charge in [-0.3, -0.25) is 4.55 Å². The summed E-state index contributed by atoms with van der Waals surface area (Å²) in [5.41, 5.74) is 1.50. The van der Waals surface area contributed by atoms with Gasteiger partial charge in [-0.15, -0.1) is 0 Å². The standard InChI is InChI=1S/C19H30O5S/c1-18-9-7-13(24-25(21,22)23)11-12(18)3-4-14-15-5-6-17(20)19(15,2)10-8-16(14)18/h3,13-17,20H,4-11H2,1-2H3,(H,21,22,23)/t13-,14-,15-,16-,17-,18-,19-/m0/s1. The van der Waals surface area contributed by atoms with Crippen LogP contribution in [0.2, 0.25) is 0 Å². The first-order chi connectivity index (χ1) is 11.6. The van der Waals surface area contributed by atoms with E-state index >= 15 is 0 Å². The molecule has 0 aromatic heterocycles. The summed E-state index contributed by atoms with van der Waals surface area (Å²) in [6.07, 6.45) is 9.23. The maximum absolute atomic E-state index is 11.0. The van der Waals surface area contributed by atoms with Crippen molar-refractivity contribution in [1.82, 2.24) is 0 Å². The number of fused-ring (bicyclic) bond motifs is 5. The molecule has 0 bridgehead atoms. The fraction of sp³-hybridized carbons (Fsp3) is 0.895. The van der Waals surface area contributed by atoms with Gasteiger partial charge in [-0.25, -0.2) is 4.18 Å². The average molecular weight is 371 g/mol. The van der Waals surface area contributed by atoms with Crippen molar-refractivity contribution >= 4 is 10.4 Å². The van der Waals surface area contributed by atoms with Crippen molar-refractivity contribution < 1.29 is 22.3 Å². The molecule has 0 spiro atoms. The molecule has 142 valence electrons. The molecule has 4 aliphatic carbocycles. The Kier molecular flexibility index (Phi) is 4.15. The lowest BCUT2D eigenvalue weighted by molar-refractivity contribution is -0.0703. The molecular formula is C19H30O5S. The maximum atomic E-state index is 11.0. The summed E-state index contributed by atoms with van der Waals surface area (Å²) in [4.78, 5) is 0. The van der Waals surface area contributed by atoms with Crippen molar-refractivity contribution in [2.45, 2.75) is 77.4 Å². The van der Waals surface area contributed by atoms with Crippen molar-refractivity contribution in [3.05, 3.63) is 11.6 Å². The molecule has 4 rings (SSSR count). The fourth-order valence-corrected chi connectivity index (χ4v) is 7.36. The van der Waals surface area contributed by atoms with E-state index in [2.05, 4.69) is 19.9 Å². The minimum atomic E-state index is -4.39. The Hall–Kier alpha value is -0.430. The number of hydrogen-bond donors (Lipinski definition) is 2.